The molecule has 148 valence electrons. The average Bonchev–Trinajstić information content (AvgIpc) is 3.03. The summed E-state index contributed by atoms with van der Waals surface area (Å²) in [5.74, 6) is 0.323. The van der Waals surface area contributed by atoms with Crippen molar-refractivity contribution in [1.82, 2.24) is 19.7 Å². The number of rotatable bonds is 5. The van der Waals surface area contributed by atoms with Crippen LogP contribution in [0.25, 0.3) is 28.0 Å². The fourth-order valence-corrected chi connectivity index (χ4v) is 3.01. The zero-order valence-electron chi connectivity index (χ0n) is 16.0. The maximum Gasteiger partial charge on any atom is 0.225 e. The van der Waals surface area contributed by atoms with Gasteiger partial charge in [-0.2, -0.15) is 4.98 Å². The molecule has 0 atom stereocenters. The minimum atomic E-state index is -0.379. The van der Waals surface area contributed by atoms with Crippen LogP contribution in [0, 0.1) is 17.6 Å². The van der Waals surface area contributed by atoms with Gasteiger partial charge in [0.05, 0.1) is 16.8 Å². The summed E-state index contributed by atoms with van der Waals surface area (Å²) in [5.41, 5.74) is 8.37. The van der Waals surface area contributed by atoms with Crippen LogP contribution >= 0.6 is 0 Å². The SMILES string of the molecule is CC(C)CNc1nc(-c2cccc(F)c2)c2c(N)n(-c3ccc(F)cc3)nc2n1. The van der Waals surface area contributed by atoms with Crippen LogP contribution in [0.5, 0.6) is 0 Å². The van der Waals surface area contributed by atoms with Crippen molar-refractivity contribution in [2.45, 2.75) is 13.8 Å². The molecule has 0 fully saturated rings. The largest absolute Gasteiger partial charge is 0.383 e. The van der Waals surface area contributed by atoms with Crippen LogP contribution in [0.3, 0.4) is 0 Å². The van der Waals surface area contributed by atoms with Gasteiger partial charge in [-0.25, -0.2) is 18.4 Å². The van der Waals surface area contributed by atoms with Crippen molar-refractivity contribution < 1.29 is 8.78 Å². The van der Waals surface area contributed by atoms with Crippen molar-refractivity contribution in [2.24, 2.45) is 5.92 Å². The van der Waals surface area contributed by atoms with Crippen LogP contribution in [0.4, 0.5) is 20.5 Å². The van der Waals surface area contributed by atoms with Crippen molar-refractivity contribution in [2.75, 3.05) is 17.6 Å². The molecule has 3 N–H and O–H groups in total. The quantitative estimate of drug-likeness (QED) is 0.524. The highest BCUT2D eigenvalue weighted by atomic mass is 19.1. The summed E-state index contributed by atoms with van der Waals surface area (Å²) in [7, 11) is 0. The number of anilines is 2. The number of hydrogen-bond donors (Lipinski definition) is 2. The summed E-state index contributed by atoms with van der Waals surface area (Å²) in [5, 5.41) is 8.18. The highest BCUT2D eigenvalue weighted by Gasteiger charge is 2.19. The molecule has 2 aromatic heterocycles. The van der Waals surface area contributed by atoms with Crippen LogP contribution in [0.15, 0.2) is 48.5 Å². The first-order valence-electron chi connectivity index (χ1n) is 9.24. The van der Waals surface area contributed by atoms with E-state index in [0.717, 1.165) is 0 Å². The van der Waals surface area contributed by atoms with Gasteiger partial charge in [0.15, 0.2) is 5.65 Å². The number of nitrogens with zero attached hydrogens (tertiary/aromatic N) is 4. The molecule has 2 heterocycles. The number of nitrogens with one attached hydrogen (secondary N) is 1. The number of nitrogens with two attached hydrogens (primary N) is 1. The van der Waals surface area contributed by atoms with Crippen molar-refractivity contribution in [3.8, 4) is 16.9 Å². The van der Waals surface area contributed by atoms with Gasteiger partial charge in [-0.1, -0.05) is 26.0 Å². The lowest BCUT2D eigenvalue weighted by Gasteiger charge is -2.10. The van der Waals surface area contributed by atoms with Crippen LogP contribution < -0.4 is 11.1 Å². The fraction of sp³-hybridized carbons (Fsp3) is 0.190. The first-order chi connectivity index (χ1) is 13.9. The highest BCUT2D eigenvalue weighted by Crippen LogP contribution is 2.33. The van der Waals surface area contributed by atoms with Gasteiger partial charge in [-0.3, -0.25) is 0 Å². The maximum absolute atomic E-state index is 13.9. The second-order valence-electron chi connectivity index (χ2n) is 7.15. The first-order valence-corrected chi connectivity index (χ1v) is 9.24. The number of fused-ring (bicyclic) bond motifs is 1. The third kappa shape index (κ3) is 3.73. The molecule has 0 aliphatic heterocycles. The molecule has 0 spiro atoms. The lowest BCUT2D eigenvalue weighted by atomic mass is 10.1. The van der Waals surface area contributed by atoms with Crippen LogP contribution in [-0.4, -0.2) is 26.3 Å². The Hall–Kier alpha value is -3.55. The van der Waals surface area contributed by atoms with E-state index in [1.54, 1.807) is 24.3 Å². The summed E-state index contributed by atoms with van der Waals surface area (Å²) in [6.07, 6.45) is 0. The molecule has 4 rings (SSSR count). The van der Waals surface area contributed by atoms with E-state index >= 15 is 0 Å². The van der Waals surface area contributed by atoms with Crippen molar-refractivity contribution in [3.05, 3.63) is 60.2 Å². The van der Waals surface area contributed by atoms with Gasteiger partial charge in [-0.05, 0) is 42.3 Å². The van der Waals surface area contributed by atoms with Gasteiger partial charge in [0.25, 0.3) is 0 Å². The van der Waals surface area contributed by atoms with Gasteiger partial charge in [-0.15, -0.1) is 5.10 Å². The van der Waals surface area contributed by atoms with E-state index in [9.17, 15) is 8.78 Å². The summed E-state index contributed by atoms with van der Waals surface area (Å²) in [6.45, 7) is 4.81. The zero-order chi connectivity index (χ0) is 20.5. The Balaban J connectivity index is 1.93. The molecule has 0 bridgehead atoms. The molecule has 0 amide bonds. The topological polar surface area (TPSA) is 81.6 Å². The lowest BCUT2D eigenvalue weighted by molar-refractivity contribution is 0.627. The molecule has 0 aliphatic rings. The number of nitrogen functional groups attached to an aromatic ring is 1. The molecular formula is C21H20F2N6. The number of benzene rings is 2. The van der Waals surface area contributed by atoms with Gasteiger partial charge in [0.2, 0.25) is 5.95 Å². The molecule has 29 heavy (non-hydrogen) atoms. The first kappa shape index (κ1) is 18.8. The summed E-state index contributed by atoms with van der Waals surface area (Å²) in [4.78, 5) is 9.06. The molecule has 8 heteroatoms. The summed E-state index contributed by atoms with van der Waals surface area (Å²) >= 11 is 0. The van der Waals surface area contributed by atoms with Crippen LogP contribution in [0.2, 0.25) is 0 Å². The predicted molar refractivity (Wildman–Crippen MR) is 110 cm³/mol. The third-order valence-corrected chi connectivity index (χ3v) is 4.41. The minimum Gasteiger partial charge on any atom is -0.383 e. The molecular weight excluding hydrogens is 374 g/mol. The number of aromatic nitrogens is 4. The Morgan fingerprint density at radius 1 is 1.03 bits per heavy atom. The van der Waals surface area contributed by atoms with Gasteiger partial charge < -0.3 is 11.1 Å². The highest BCUT2D eigenvalue weighted by molar-refractivity contribution is 5.99. The van der Waals surface area contributed by atoms with E-state index in [1.165, 1.54) is 28.9 Å². The Morgan fingerprint density at radius 3 is 2.48 bits per heavy atom. The van der Waals surface area contributed by atoms with Crippen molar-refractivity contribution in [3.63, 3.8) is 0 Å². The van der Waals surface area contributed by atoms with E-state index in [-0.39, 0.29) is 11.6 Å². The molecule has 0 saturated heterocycles. The molecule has 0 saturated carbocycles. The van der Waals surface area contributed by atoms with Gasteiger partial charge in [0.1, 0.15) is 17.5 Å². The number of hydrogen-bond acceptors (Lipinski definition) is 5. The molecule has 0 aliphatic carbocycles. The van der Waals surface area contributed by atoms with Gasteiger partial charge >= 0.3 is 0 Å². The molecule has 4 aromatic rings. The summed E-state index contributed by atoms with van der Waals surface area (Å²) in [6, 6.07) is 11.9. The molecule has 6 nitrogen and oxygen atoms in total. The van der Waals surface area contributed by atoms with E-state index in [0.29, 0.717) is 52.2 Å². The Bertz CT molecular complexity index is 1170. The van der Waals surface area contributed by atoms with E-state index in [4.69, 9.17) is 5.73 Å². The standard InChI is InChI=1S/C21H20F2N6/c1-12(2)11-25-21-26-18(13-4-3-5-15(23)10-13)17-19(24)29(28-20(17)27-21)16-8-6-14(22)7-9-16/h3-10,12H,11,24H2,1-2H3,(H,25,27,28). The maximum atomic E-state index is 13.9. The van der Waals surface area contributed by atoms with E-state index in [1.807, 2.05) is 0 Å². The third-order valence-electron chi connectivity index (χ3n) is 4.41. The van der Waals surface area contributed by atoms with Crippen molar-refractivity contribution >= 4 is 22.8 Å². The normalized spacial score (nSPS) is 11.3. The van der Waals surface area contributed by atoms with E-state index < -0.39 is 0 Å². The molecule has 0 radical (unpaired) electrons. The second-order valence-corrected chi connectivity index (χ2v) is 7.15. The zero-order valence-corrected chi connectivity index (χ0v) is 16.0. The average molecular weight is 394 g/mol. The molecule has 2 aromatic carbocycles. The minimum absolute atomic E-state index is 0.293. The van der Waals surface area contributed by atoms with E-state index in [2.05, 4.69) is 34.2 Å². The Morgan fingerprint density at radius 2 is 1.79 bits per heavy atom. The van der Waals surface area contributed by atoms with Gasteiger partial charge in [0, 0.05) is 12.1 Å². The Kier molecular flexibility index (Phi) is 4.84. The van der Waals surface area contributed by atoms with Crippen LogP contribution in [0.1, 0.15) is 13.8 Å². The lowest BCUT2D eigenvalue weighted by Crippen LogP contribution is -2.11. The predicted octanol–water partition coefficient (Wildman–Crippen LogP) is 4.41. The molecule has 0 unspecified atom stereocenters. The van der Waals surface area contributed by atoms with Crippen molar-refractivity contribution in [1.29, 1.82) is 0 Å². The smallest absolute Gasteiger partial charge is 0.225 e. The Labute approximate surface area is 166 Å². The monoisotopic (exact) mass is 394 g/mol. The summed E-state index contributed by atoms with van der Waals surface area (Å²) < 4.78 is 28.7. The second kappa shape index (κ2) is 7.46. The fourth-order valence-electron chi connectivity index (χ4n) is 3.01. The van der Waals surface area contributed by atoms with Crippen LogP contribution in [-0.2, 0) is 0 Å². The number of halogens is 2.